The Bertz CT molecular complexity index is 463. The van der Waals surface area contributed by atoms with Crippen molar-refractivity contribution in [1.29, 1.82) is 0 Å². The molecule has 0 N–H and O–H groups in total. The number of sulfone groups is 1. The van der Waals surface area contributed by atoms with Gasteiger partial charge < -0.3 is 14.4 Å². The van der Waals surface area contributed by atoms with E-state index in [1.807, 2.05) is 6.92 Å². The average molecular weight is 305 g/mol. The zero-order chi connectivity index (χ0) is 14.8. The van der Waals surface area contributed by atoms with E-state index in [9.17, 15) is 13.2 Å². The summed E-state index contributed by atoms with van der Waals surface area (Å²) < 4.78 is 33.9. The van der Waals surface area contributed by atoms with Crippen molar-refractivity contribution in [3.63, 3.8) is 0 Å². The fourth-order valence-corrected chi connectivity index (χ4v) is 3.69. The number of hydrogen-bond acceptors (Lipinski definition) is 5. The number of nitrogens with zero attached hydrogens (tertiary/aromatic N) is 1. The van der Waals surface area contributed by atoms with E-state index in [1.54, 1.807) is 4.90 Å². The number of hydrogen-bond donors (Lipinski definition) is 0. The molecule has 0 bridgehead atoms. The minimum atomic E-state index is -3.28. The van der Waals surface area contributed by atoms with Crippen molar-refractivity contribution < 1.29 is 22.7 Å². The van der Waals surface area contributed by atoms with Gasteiger partial charge in [-0.1, -0.05) is 0 Å². The van der Waals surface area contributed by atoms with Crippen LogP contribution in [0.1, 0.15) is 26.2 Å². The average Bonchev–Trinajstić information content (AvgIpc) is 2.70. The molecule has 6 nitrogen and oxygen atoms in total. The van der Waals surface area contributed by atoms with Gasteiger partial charge in [-0.25, -0.2) is 8.42 Å². The summed E-state index contributed by atoms with van der Waals surface area (Å²) >= 11 is 0. The molecule has 2 aliphatic rings. The first-order valence-electron chi connectivity index (χ1n) is 7.05. The van der Waals surface area contributed by atoms with Gasteiger partial charge in [-0.05, 0) is 19.8 Å². The van der Waals surface area contributed by atoms with E-state index in [0.717, 1.165) is 25.5 Å². The Morgan fingerprint density at radius 2 is 2.25 bits per heavy atom. The third kappa shape index (κ3) is 3.93. The summed E-state index contributed by atoms with van der Waals surface area (Å²) in [6, 6.07) is 0. The zero-order valence-electron chi connectivity index (χ0n) is 12.1. The lowest BCUT2D eigenvalue weighted by Gasteiger charge is -2.39. The normalized spacial score (nSPS) is 30.9. The Kier molecular flexibility index (Phi) is 4.71. The maximum atomic E-state index is 12.0. The van der Waals surface area contributed by atoms with Crippen LogP contribution in [0.3, 0.4) is 0 Å². The molecule has 2 atom stereocenters. The van der Waals surface area contributed by atoms with Crippen molar-refractivity contribution in [2.75, 3.05) is 38.3 Å². The van der Waals surface area contributed by atoms with E-state index in [-0.39, 0.29) is 17.6 Å². The molecule has 0 radical (unpaired) electrons. The standard InChI is InChI=1S/C13H23NO5S/c1-3-18-11-7-13(19-8-11)5-4-6-14(10-13)12(15)9-20(2,16)17/h11H,3-10H2,1-2H3/t11-,13+/m1/s1. The largest absolute Gasteiger partial charge is 0.376 e. The number of likely N-dealkylation sites (tertiary alicyclic amines) is 1. The Labute approximate surface area is 120 Å². The molecule has 1 spiro atoms. The van der Waals surface area contributed by atoms with Crippen molar-refractivity contribution in [3.8, 4) is 0 Å². The molecule has 2 aliphatic heterocycles. The fraction of sp³-hybridized carbons (Fsp3) is 0.923. The van der Waals surface area contributed by atoms with Crippen LogP contribution in [0.15, 0.2) is 0 Å². The van der Waals surface area contributed by atoms with Crippen LogP contribution in [0, 0.1) is 0 Å². The highest BCUT2D eigenvalue weighted by atomic mass is 32.2. The van der Waals surface area contributed by atoms with Crippen LogP contribution in [0.5, 0.6) is 0 Å². The molecule has 0 saturated carbocycles. The van der Waals surface area contributed by atoms with Crippen LogP contribution in [-0.2, 0) is 24.1 Å². The fourth-order valence-electron chi connectivity index (χ4n) is 3.06. The van der Waals surface area contributed by atoms with Crippen LogP contribution >= 0.6 is 0 Å². The number of carbonyl (C=O) groups is 1. The van der Waals surface area contributed by atoms with Crippen molar-refractivity contribution in [3.05, 3.63) is 0 Å². The molecular formula is C13H23NO5S. The molecule has 0 unspecified atom stereocenters. The van der Waals surface area contributed by atoms with Gasteiger partial charge in [0, 0.05) is 32.4 Å². The van der Waals surface area contributed by atoms with Gasteiger partial charge in [0.15, 0.2) is 9.84 Å². The van der Waals surface area contributed by atoms with E-state index >= 15 is 0 Å². The van der Waals surface area contributed by atoms with Crippen molar-refractivity contribution in [1.82, 2.24) is 4.90 Å². The lowest BCUT2D eigenvalue weighted by molar-refractivity contribution is -0.136. The summed E-state index contributed by atoms with van der Waals surface area (Å²) in [6.07, 6.45) is 3.70. The molecule has 0 aromatic rings. The van der Waals surface area contributed by atoms with E-state index in [1.165, 1.54) is 0 Å². The second-order valence-electron chi connectivity index (χ2n) is 5.76. The minimum Gasteiger partial charge on any atom is -0.376 e. The zero-order valence-corrected chi connectivity index (χ0v) is 12.9. The molecule has 2 rings (SSSR count). The third-order valence-electron chi connectivity index (χ3n) is 3.86. The first kappa shape index (κ1) is 15.7. The van der Waals surface area contributed by atoms with Crippen molar-refractivity contribution >= 4 is 15.7 Å². The molecular weight excluding hydrogens is 282 g/mol. The first-order valence-corrected chi connectivity index (χ1v) is 9.11. The molecule has 2 saturated heterocycles. The van der Waals surface area contributed by atoms with Crippen LogP contribution in [0.25, 0.3) is 0 Å². The van der Waals surface area contributed by atoms with Gasteiger partial charge in [0.25, 0.3) is 0 Å². The van der Waals surface area contributed by atoms with Gasteiger partial charge in [-0.3, -0.25) is 4.79 Å². The molecule has 1 amide bonds. The number of carbonyl (C=O) groups excluding carboxylic acids is 1. The summed E-state index contributed by atoms with van der Waals surface area (Å²) in [5, 5.41) is 0. The number of rotatable bonds is 4. The third-order valence-corrected chi connectivity index (χ3v) is 4.63. The molecule has 2 fully saturated rings. The smallest absolute Gasteiger partial charge is 0.237 e. The predicted octanol–water partition coefficient (Wildman–Crippen LogP) is 0.218. The summed E-state index contributed by atoms with van der Waals surface area (Å²) in [4.78, 5) is 13.6. The Morgan fingerprint density at radius 3 is 2.90 bits per heavy atom. The summed E-state index contributed by atoms with van der Waals surface area (Å²) in [5.74, 6) is -0.743. The molecule has 0 aliphatic carbocycles. The Morgan fingerprint density at radius 1 is 1.50 bits per heavy atom. The molecule has 116 valence electrons. The van der Waals surface area contributed by atoms with Gasteiger partial charge in [0.2, 0.25) is 5.91 Å². The van der Waals surface area contributed by atoms with Gasteiger partial charge in [0.05, 0.1) is 18.3 Å². The monoisotopic (exact) mass is 305 g/mol. The summed E-state index contributed by atoms with van der Waals surface area (Å²) in [5.41, 5.74) is -0.342. The second kappa shape index (κ2) is 5.99. The molecule has 0 aromatic heterocycles. The van der Waals surface area contributed by atoms with Gasteiger partial charge in [-0.2, -0.15) is 0 Å². The van der Waals surface area contributed by atoms with Crippen molar-refractivity contribution in [2.45, 2.75) is 37.9 Å². The first-order chi connectivity index (χ1) is 9.34. The van der Waals surface area contributed by atoms with E-state index in [4.69, 9.17) is 9.47 Å². The highest BCUT2D eigenvalue weighted by Crippen LogP contribution is 2.35. The summed E-state index contributed by atoms with van der Waals surface area (Å²) in [6.45, 7) is 4.25. The number of piperidine rings is 1. The van der Waals surface area contributed by atoms with Crippen LogP contribution < -0.4 is 0 Å². The minimum absolute atomic E-state index is 0.0879. The quantitative estimate of drug-likeness (QED) is 0.743. The Hall–Kier alpha value is -0.660. The van der Waals surface area contributed by atoms with Gasteiger partial charge in [0.1, 0.15) is 5.75 Å². The molecule has 2 heterocycles. The van der Waals surface area contributed by atoms with Crippen molar-refractivity contribution in [2.24, 2.45) is 0 Å². The maximum Gasteiger partial charge on any atom is 0.237 e. The van der Waals surface area contributed by atoms with Crippen LogP contribution in [0.4, 0.5) is 0 Å². The topological polar surface area (TPSA) is 72.9 Å². The molecule has 7 heteroatoms. The van der Waals surface area contributed by atoms with Crippen LogP contribution in [0.2, 0.25) is 0 Å². The molecule has 20 heavy (non-hydrogen) atoms. The number of ether oxygens (including phenoxy) is 2. The highest BCUT2D eigenvalue weighted by Gasteiger charge is 2.44. The van der Waals surface area contributed by atoms with E-state index < -0.39 is 15.6 Å². The number of amides is 1. The lowest BCUT2D eigenvalue weighted by atomic mass is 9.89. The van der Waals surface area contributed by atoms with Crippen LogP contribution in [-0.4, -0.2) is 69.2 Å². The lowest BCUT2D eigenvalue weighted by Crippen LogP contribution is -2.51. The Balaban J connectivity index is 1.97. The molecule has 0 aromatic carbocycles. The van der Waals surface area contributed by atoms with Gasteiger partial charge in [-0.15, -0.1) is 0 Å². The summed E-state index contributed by atoms with van der Waals surface area (Å²) in [7, 11) is -3.28. The van der Waals surface area contributed by atoms with E-state index in [2.05, 4.69) is 0 Å². The predicted molar refractivity (Wildman–Crippen MR) is 74.2 cm³/mol. The highest BCUT2D eigenvalue weighted by molar-refractivity contribution is 7.91. The maximum absolute atomic E-state index is 12.0. The van der Waals surface area contributed by atoms with Gasteiger partial charge >= 0.3 is 0 Å². The SMILES string of the molecule is CCO[C@H]1CO[C@@]2(CCCN(C(=O)CS(C)(=O)=O)C2)C1. The van der Waals surface area contributed by atoms with E-state index in [0.29, 0.717) is 26.3 Å². The second-order valence-corrected chi connectivity index (χ2v) is 7.90.